The minimum atomic E-state index is -1.05. The topological polar surface area (TPSA) is 95.5 Å². The van der Waals surface area contributed by atoms with Crippen LogP contribution in [0.4, 0.5) is 5.69 Å². The molecule has 1 aromatic heterocycles. The largest absolute Gasteiger partial charge is 0.477 e. The summed E-state index contributed by atoms with van der Waals surface area (Å²) in [6.07, 6.45) is 5.60. The number of thiophene rings is 1. The molecule has 6 nitrogen and oxygen atoms in total. The van der Waals surface area contributed by atoms with Gasteiger partial charge in [-0.2, -0.15) is 0 Å². The number of rotatable bonds is 5. The smallest absolute Gasteiger partial charge is 0.345 e. The second-order valence-corrected chi connectivity index (χ2v) is 7.39. The van der Waals surface area contributed by atoms with Gasteiger partial charge in [0.05, 0.1) is 4.88 Å². The highest BCUT2D eigenvalue weighted by Crippen LogP contribution is 2.20. The maximum Gasteiger partial charge on any atom is 0.345 e. The molecule has 1 aliphatic carbocycles. The molecule has 1 heterocycles. The zero-order valence-corrected chi connectivity index (χ0v) is 15.0. The highest BCUT2D eigenvalue weighted by molar-refractivity contribution is 7.15. The fraction of sp³-hybridized carbons (Fsp3) is 0.316. The maximum atomic E-state index is 12.3. The number of benzene rings is 1. The van der Waals surface area contributed by atoms with E-state index in [1.165, 1.54) is 18.6 Å². The average molecular weight is 372 g/mol. The lowest BCUT2D eigenvalue weighted by molar-refractivity contribution is 0.0701. The third-order valence-corrected chi connectivity index (χ3v) is 5.46. The third kappa shape index (κ3) is 4.49. The van der Waals surface area contributed by atoms with E-state index < -0.39 is 5.97 Å². The van der Waals surface area contributed by atoms with Crippen LogP contribution in [0.3, 0.4) is 0 Å². The summed E-state index contributed by atoms with van der Waals surface area (Å²) in [5, 5.41) is 14.7. The molecule has 0 saturated heterocycles. The minimum absolute atomic E-state index is 0.0980. The van der Waals surface area contributed by atoms with Crippen molar-refractivity contribution in [2.45, 2.75) is 38.1 Å². The van der Waals surface area contributed by atoms with Gasteiger partial charge in [0.25, 0.3) is 11.8 Å². The van der Waals surface area contributed by atoms with Crippen LogP contribution in [-0.2, 0) is 0 Å². The first kappa shape index (κ1) is 18.1. The van der Waals surface area contributed by atoms with Crippen LogP contribution in [-0.4, -0.2) is 28.9 Å². The summed E-state index contributed by atoms with van der Waals surface area (Å²) in [4.78, 5) is 35.8. The quantitative estimate of drug-likeness (QED) is 0.745. The van der Waals surface area contributed by atoms with Gasteiger partial charge in [0.15, 0.2) is 0 Å². The van der Waals surface area contributed by atoms with Gasteiger partial charge < -0.3 is 15.7 Å². The van der Waals surface area contributed by atoms with Crippen LogP contribution in [0, 0.1) is 0 Å². The molecule has 0 radical (unpaired) electrons. The van der Waals surface area contributed by atoms with E-state index in [0.29, 0.717) is 16.1 Å². The third-order valence-electron chi connectivity index (χ3n) is 4.39. The van der Waals surface area contributed by atoms with Crippen molar-refractivity contribution in [3.05, 3.63) is 51.7 Å². The summed E-state index contributed by atoms with van der Waals surface area (Å²) in [5.74, 6) is -1.52. The monoisotopic (exact) mass is 372 g/mol. The van der Waals surface area contributed by atoms with Gasteiger partial charge in [-0.3, -0.25) is 9.59 Å². The molecule has 2 aromatic rings. The van der Waals surface area contributed by atoms with Gasteiger partial charge in [0, 0.05) is 17.3 Å². The molecule has 1 aliphatic rings. The van der Waals surface area contributed by atoms with E-state index in [4.69, 9.17) is 5.11 Å². The van der Waals surface area contributed by atoms with Gasteiger partial charge in [-0.15, -0.1) is 11.3 Å². The van der Waals surface area contributed by atoms with Crippen molar-refractivity contribution in [1.29, 1.82) is 0 Å². The number of nitrogens with one attached hydrogen (secondary N) is 2. The summed E-state index contributed by atoms with van der Waals surface area (Å²) in [7, 11) is 0. The van der Waals surface area contributed by atoms with Crippen LogP contribution in [0.5, 0.6) is 0 Å². The van der Waals surface area contributed by atoms with Gasteiger partial charge in [-0.1, -0.05) is 19.3 Å². The Morgan fingerprint density at radius 1 is 0.885 bits per heavy atom. The SMILES string of the molecule is O=C(NC1CCCCC1)c1ccc(NC(=O)c2ccc(C(=O)O)s2)cc1. The van der Waals surface area contributed by atoms with E-state index >= 15 is 0 Å². The number of carboxylic acid groups (broad SMARTS) is 1. The Kier molecular flexibility index (Phi) is 5.68. The van der Waals surface area contributed by atoms with Gasteiger partial charge in [-0.25, -0.2) is 4.79 Å². The summed E-state index contributed by atoms with van der Waals surface area (Å²) in [6, 6.07) is 9.81. The van der Waals surface area contributed by atoms with Crippen LogP contribution in [0.1, 0.15) is 61.8 Å². The summed E-state index contributed by atoms with van der Waals surface area (Å²) >= 11 is 0.920. The zero-order chi connectivity index (χ0) is 18.5. The lowest BCUT2D eigenvalue weighted by atomic mass is 9.95. The first-order valence-electron chi connectivity index (χ1n) is 8.58. The second kappa shape index (κ2) is 8.14. The molecule has 2 amide bonds. The van der Waals surface area contributed by atoms with E-state index in [2.05, 4.69) is 10.6 Å². The van der Waals surface area contributed by atoms with Crippen molar-refractivity contribution >= 4 is 34.8 Å². The number of hydrogen-bond donors (Lipinski definition) is 3. The number of amides is 2. The molecule has 3 rings (SSSR count). The van der Waals surface area contributed by atoms with Gasteiger partial charge in [0.2, 0.25) is 0 Å². The Labute approximate surface area is 155 Å². The normalized spacial score (nSPS) is 14.6. The molecule has 0 unspecified atom stereocenters. The Balaban J connectivity index is 1.58. The summed E-state index contributed by atoms with van der Waals surface area (Å²) in [6.45, 7) is 0. The molecule has 7 heteroatoms. The fourth-order valence-corrected chi connectivity index (χ4v) is 3.73. The van der Waals surface area contributed by atoms with Gasteiger partial charge in [-0.05, 0) is 49.2 Å². The Morgan fingerprint density at radius 3 is 2.15 bits per heavy atom. The standard InChI is InChI=1S/C19H20N2O4S/c22-17(20-13-4-2-1-3-5-13)12-6-8-14(9-7-12)21-18(23)15-10-11-16(26-15)19(24)25/h6-11,13H,1-5H2,(H,20,22)(H,21,23)(H,24,25). The molecule has 136 valence electrons. The summed E-state index contributed by atoms with van der Waals surface area (Å²) < 4.78 is 0. The van der Waals surface area contributed by atoms with Crippen LogP contribution in [0.15, 0.2) is 36.4 Å². The molecule has 26 heavy (non-hydrogen) atoms. The lowest BCUT2D eigenvalue weighted by Crippen LogP contribution is -2.36. The number of hydrogen-bond acceptors (Lipinski definition) is 4. The molecule has 0 atom stereocenters. The Morgan fingerprint density at radius 2 is 1.54 bits per heavy atom. The molecule has 3 N–H and O–H groups in total. The molecular formula is C19H20N2O4S. The van der Waals surface area contributed by atoms with Crippen molar-refractivity contribution in [2.75, 3.05) is 5.32 Å². The van der Waals surface area contributed by atoms with Crippen molar-refractivity contribution in [3.63, 3.8) is 0 Å². The molecular weight excluding hydrogens is 352 g/mol. The molecule has 1 saturated carbocycles. The second-order valence-electron chi connectivity index (χ2n) is 6.31. The van der Waals surface area contributed by atoms with Crippen LogP contribution in [0.25, 0.3) is 0 Å². The maximum absolute atomic E-state index is 12.3. The molecule has 1 fully saturated rings. The van der Waals surface area contributed by atoms with Crippen LogP contribution < -0.4 is 10.6 Å². The molecule has 0 bridgehead atoms. The summed E-state index contributed by atoms with van der Waals surface area (Å²) in [5.41, 5.74) is 1.10. The van der Waals surface area contributed by atoms with E-state index in [1.807, 2.05) is 0 Å². The van der Waals surface area contributed by atoms with E-state index in [0.717, 1.165) is 37.0 Å². The minimum Gasteiger partial charge on any atom is -0.477 e. The van der Waals surface area contributed by atoms with Crippen LogP contribution >= 0.6 is 11.3 Å². The predicted octanol–water partition coefficient (Wildman–Crippen LogP) is 3.76. The molecule has 0 spiro atoms. The van der Waals surface area contributed by atoms with E-state index in [-0.39, 0.29) is 22.7 Å². The number of carbonyl (C=O) groups excluding carboxylic acids is 2. The van der Waals surface area contributed by atoms with Crippen molar-refractivity contribution < 1.29 is 19.5 Å². The average Bonchev–Trinajstić information content (AvgIpc) is 3.14. The highest BCUT2D eigenvalue weighted by Gasteiger charge is 2.17. The zero-order valence-electron chi connectivity index (χ0n) is 14.2. The van der Waals surface area contributed by atoms with Crippen molar-refractivity contribution in [1.82, 2.24) is 5.32 Å². The number of carbonyl (C=O) groups is 3. The van der Waals surface area contributed by atoms with E-state index in [9.17, 15) is 14.4 Å². The lowest BCUT2D eigenvalue weighted by Gasteiger charge is -2.22. The van der Waals surface area contributed by atoms with E-state index in [1.54, 1.807) is 24.3 Å². The first-order chi connectivity index (χ1) is 12.5. The van der Waals surface area contributed by atoms with Gasteiger partial charge in [0.1, 0.15) is 4.88 Å². The Bertz CT molecular complexity index is 807. The predicted molar refractivity (Wildman–Crippen MR) is 100 cm³/mol. The van der Waals surface area contributed by atoms with Crippen molar-refractivity contribution in [2.24, 2.45) is 0 Å². The van der Waals surface area contributed by atoms with Crippen molar-refractivity contribution in [3.8, 4) is 0 Å². The number of anilines is 1. The molecule has 0 aliphatic heterocycles. The van der Waals surface area contributed by atoms with Crippen LogP contribution in [0.2, 0.25) is 0 Å². The Hall–Kier alpha value is -2.67. The first-order valence-corrected chi connectivity index (χ1v) is 9.40. The highest BCUT2D eigenvalue weighted by atomic mass is 32.1. The molecule has 1 aromatic carbocycles. The van der Waals surface area contributed by atoms with Gasteiger partial charge >= 0.3 is 5.97 Å². The number of carboxylic acids is 1. The fourth-order valence-electron chi connectivity index (χ4n) is 2.99. The number of aromatic carboxylic acids is 1.